The zero-order valence-corrected chi connectivity index (χ0v) is 12.6. The second-order valence-corrected chi connectivity index (χ2v) is 5.36. The number of carbonyl (C=O) groups is 1. The molecule has 1 fully saturated rings. The summed E-state index contributed by atoms with van der Waals surface area (Å²) in [5, 5.41) is 0.683. The first-order valence-corrected chi connectivity index (χ1v) is 7.76. The fraction of sp³-hybridized carbons (Fsp3) is 0.583. The molecule has 0 aliphatic carbocycles. The molecule has 1 amide bonds. The van der Waals surface area contributed by atoms with E-state index in [0.717, 1.165) is 38.4 Å². The molecule has 2 heterocycles. The Morgan fingerprint density at radius 1 is 1.35 bits per heavy atom. The normalized spacial score (nSPS) is 15.9. The van der Waals surface area contributed by atoms with E-state index in [1.54, 1.807) is 6.92 Å². The number of nitrogen functional groups attached to an aromatic ring is 1. The topological polar surface area (TPSA) is 87.4 Å². The van der Waals surface area contributed by atoms with Crippen molar-refractivity contribution in [1.82, 2.24) is 14.9 Å². The first-order chi connectivity index (χ1) is 9.63. The van der Waals surface area contributed by atoms with E-state index in [1.807, 2.05) is 17.2 Å². The molecule has 0 spiro atoms. The number of aromatic nitrogens is 2. The molecule has 20 heavy (non-hydrogen) atoms. The number of nitrogens with zero attached hydrogens (tertiary/aromatic N) is 4. The number of hydrogen-bond donors (Lipinski definition) is 2. The molecular weight excluding hydrogens is 276 g/mol. The van der Waals surface area contributed by atoms with E-state index in [-0.39, 0.29) is 5.91 Å². The van der Waals surface area contributed by atoms with Crippen molar-refractivity contribution >= 4 is 29.3 Å². The summed E-state index contributed by atoms with van der Waals surface area (Å²) < 4.78 is 0. The first-order valence-electron chi connectivity index (χ1n) is 6.54. The molecule has 0 radical (unpaired) electrons. The molecule has 0 unspecified atom stereocenters. The largest absolute Gasteiger partial charge is 0.355 e. The van der Waals surface area contributed by atoms with Crippen LogP contribution in [0.4, 0.5) is 11.6 Å². The Labute approximate surface area is 122 Å². The van der Waals surface area contributed by atoms with Gasteiger partial charge in [0.2, 0.25) is 5.91 Å². The number of amides is 1. The van der Waals surface area contributed by atoms with Crippen molar-refractivity contribution in [3.63, 3.8) is 0 Å². The van der Waals surface area contributed by atoms with Gasteiger partial charge in [0.05, 0.1) is 0 Å². The Kier molecular flexibility index (Phi) is 5.02. The Morgan fingerprint density at radius 3 is 2.80 bits per heavy atom. The SMILES string of the molecule is CSc1nc(NN)cc(N2CCCN(C(C)=O)CC2)n1. The standard InChI is InChI=1S/C12H20N6OS/c1-9(19)17-4-3-5-18(7-6-17)11-8-10(16-13)14-12(15-11)20-2/h8H,3-7,13H2,1-2H3,(H,14,15,16). The highest BCUT2D eigenvalue weighted by Gasteiger charge is 2.18. The van der Waals surface area contributed by atoms with E-state index in [9.17, 15) is 4.79 Å². The Balaban J connectivity index is 2.16. The van der Waals surface area contributed by atoms with Crippen molar-refractivity contribution in [3.8, 4) is 0 Å². The molecule has 0 aromatic carbocycles. The lowest BCUT2D eigenvalue weighted by Crippen LogP contribution is -2.34. The van der Waals surface area contributed by atoms with Crippen LogP contribution in [0.25, 0.3) is 0 Å². The molecule has 1 aromatic rings. The van der Waals surface area contributed by atoms with Crippen LogP contribution in [0.3, 0.4) is 0 Å². The van der Waals surface area contributed by atoms with E-state index in [2.05, 4.69) is 20.3 Å². The van der Waals surface area contributed by atoms with Gasteiger partial charge in [0.25, 0.3) is 0 Å². The average Bonchev–Trinajstić information content (AvgIpc) is 2.72. The molecule has 2 rings (SSSR count). The Bertz CT molecular complexity index is 461. The van der Waals surface area contributed by atoms with Crippen LogP contribution in [0, 0.1) is 0 Å². The van der Waals surface area contributed by atoms with Gasteiger partial charge in [-0.05, 0) is 12.7 Å². The highest BCUT2D eigenvalue weighted by Crippen LogP contribution is 2.21. The lowest BCUT2D eigenvalue weighted by Gasteiger charge is -2.22. The number of anilines is 2. The van der Waals surface area contributed by atoms with Gasteiger partial charge in [-0.15, -0.1) is 0 Å². The van der Waals surface area contributed by atoms with Crippen LogP contribution in [0.5, 0.6) is 0 Å². The van der Waals surface area contributed by atoms with Gasteiger partial charge in [-0.1, -0.05) is 11.8 Å². The third kappa shape index (κ3) is 3.51. The highest BCUT2D eigenvalue weighted by atomic mass is 32.2. The fourth-order valence-electron chi connectivity index (χ4n) is 2.20. The molecule has 3 N–H and O–H groups in total. The second-order valence-electron chi connectivity index (χ2n) is 4.59. The van der Waals surface area contributed by atoms with Crippen LogP contribution in [0.15, 0.2) is 11.2 Å². The van der Waals surface area contributed by atoms with Gasteiger partial charge in [0, 0.05) is 39.2 Å². The quantitative estimate of drug-likeness (QED) is 0.364. The summed E-state index contributed by atoms with van der Waals surface area (Å²) in [7, 11) is 0. The number of carbonyl (C=O) groups excluding carboxylic acids is 1. The molecule has 1 aliphatic rings. The lowest BCUT2D eigenvalue weighted by atomic mass is 10.3. The highest BCUT2D eigenvalue weighted by molar-refractivity contribution is 7.98. The number of thioether (sulfide) groups is 1. The number of nitrogens with two attached hydrogens (primary N) is 1. The van der Waals surface area contributed by atoms with Crippen molar-refractivity contribution in [2.75, 3.05) is 42.8 Å². The molecule has 0 atom stereocenters. The third-order valence-electron chi connectivity index (χ3n) is 3.29. The molecular formula is C12H20N6OS. The predicted molar refractivity (Wildman–Crippen MR) is 80.7 cm³/mol. The molecule has 0 saturated carbocycles. The average molecular weight is 296 g/mol. The van der Waals surface area contributed by atoms with Crippen LogP contribution in [0.2, 0.25) is 0 Å². The molecule has 1 aromatic heterocycles. The molecule has 7 nitrogen and oxygen atoms in total. The van der Waals surface area contributed by atoms with Crippen molar-refractivity contribution in [1.29, 1.82) is 0 Å². The van der Waals surface area contributed by atoms with Crippen LogP contribution in [-0.2, 0) is 4.79 Å². The monoisotopic (exact) mass is 296 g/mol. The van der Waals surface area contributed by atoms with Gasteiger partial charge in [0.15, 0.2) is 5.16 Å². The van der Waals surface area contributed by atoms with E-state index >= 15 is 0 Å². The fourth-order valence-corrected chi connectivity index (χ4v) is 2.58. The van der Waals surface area contributed by atoms with Gasteiger partial charge in [-0.3, -0.25) is 4.79 Å². The summed E-state index contributed by atoms with van der Waals surface area (Å²) in [6.07, 6.45) is 2.86. The van der Waals surface area contributed by atoms with E-state index in [0.29, 0.717) is 11.0 Å². The van der Waals surface area contributed by atoms with Crippen molar-refractivity contribution in [3.05, 3.63) is 6.07 Å². The zero-order valence-electron chi connectivity index (χ0n) is 11.8. The lowest BCUT2D eigenvalue weighted by molar-refractivity contribution is -0.128. The maximum atomic E-state index is 11.4. The maximum absolute atomic E-state index is 11.4. The number of hydrogen-bond acceptors (Lipinski definition) is 7. The Morgan fingerprint density at radius 2 is 2.15 bits per heavy atom. The Hall–Kier alpha value is -1.54. The minimum Gasteiger partial charge on any atom is -0.355 e. The maximum Gasteiger partial charge on any atom is 0.219 e. The van der Waals surface area contributed by atoms with Gasteiger partial charge in [-0.2, -0.15) is 0 Å². The minimum atomic E-state index is 0.128. The van der Waals surface area contributed by atoms with E-state index in [4.69, 9.17) is 5.84 Å². The summed E-state index contributed by atoms with van der Waals surface area (Å²) in [4.78, 5) is 24.3. The molecule has 0 bridgehead atoms. The van der Waals surface area contributed by atoms with Gasteiger partial charge in [0.1, 0.15) is 11.6 Å². The third-order valence-corrected chi connectivity index (χ3v) is 3.84. The number of hydrazine groups is 1. The van der Waals surface area contributed by atoms with E-state index < -0.39 is 0 Å². The zero-order chi connectivity index (χ0) is 14.5. The van der Waals surface area contributed by atoms with Crippen molar-refractivity contribution in [2.24, 2.45) is 5.84 Å². The number of nitrogens with one attached hydrogen (secondary N) is 1. The predicted octanol–water partition coefficient (Wildman–Crippen LogP) is 0.543. The second kappa shape index (κ2) is 6.76. The smallest absolute Gasteiger partial charge is 0.219 e. The minimum absolute atomic E-state index is 0.128. The van der Waals surface area contributed by atoms with Crippen molar-refractivity contribution < 1.29 is 4.79 Å². The molecule has 8 heteroatoms. The summed E-state index contributed by atoms with van der Waals surface area (Å²) in [5.74, 6) is 7.03. The summed E-state index contributed by atoms with van der Waals surface area (Å²) in [6.45, 7) is 4.78. The van der Waals surface area contributed by atoms with Crippen LogP contribution in [0.1, 0.15) is 13.3 Å². The summed E-state index contributed by atoms with van der Waals surface area (Å²) >= 11 is 1.48. The first kappa shape index (κ1) is 14.9. The summed E-state index contributed by atoms with van der Waals surface area (Å²) in [6, 6.07) is 1.84. The molecule has 110 valence electrons. The van der Waals surface area contributed by atoms with Crippen LogP contribution in [-0.4, -0.2) is 53.2 Å². The van der Waals surface area contributed by atoms with Gasteiger partial charge >= 0.3 is 0 Å². The number of rotatable bonds is 3. The van der Waals surface area contributed by atoms with E-state index in [1.165, 1.54) is 11.8 Å². The van der Waals surface area contributed by atoms with Crippen LogP contribution >= 0.6 is 11.8 Å². The molecule has 1 saturated heterocycles. The van der Waals surface area contributed by atoms with Gasteiger partial charge in [-0.25, -0.2) is 15.8 Å². The summed E-state index contributed by atoms with van der Waals surface area (Å²) in [5.41, 5.74) is 2.57. The van der Waals surface area contributed by atoms with Crippen molar-refractivity contribution in [2.45, 2.75) is 18.5 Å². The molecule has 1 aliphatic heterocycles. The van der Waals surface area contributed by atoms with Gasteiger partial charge < -0.3 is 15.2 Å². The van der Waals surface area contributed by atoms with Crippen LogP contribution < -0.4 is 16.2 Å².